The molecule has 0 radical (unpaired) electrons. The average molecular weight is 743 g/mol. The SMILES string of the molecule is c1ccc(-c2ccc(-n3c4ccccc4c4cc(-c5ccc6c(c5)c5ccccc5n6-c5ccc6c(c5)sc5cccc(-c7ccccc7)c56)ccc43)cc2)cc1. The Balaban J connectivity index is 0.978. The first-order valence-corrected chi connectivity index (χ1v) is 20.3. The number of aromatic nitrogens is 2. The fourth-order valence-electron chi connectivity index (χ4n) is 9.11. The zero-order chi connectivity index (χ0) is 37.5. The Morgan fingerprint density at radius 3 is 1.44 bits per heavy atom. The lowest BCUT2D eigenvalue weighted by Gasteiger charge is -2.10. The fraction of sp³-hybridized carbons (Fsp3) is 0. The molecule has 0 aliphatic heterocycles. The highest BCUT2D eigenvalue weighted by molar-refractivity contribution is 7.26. The Morgan fingerprint density at radius 1 is 0.281 bits per heavy atom. The number of hydrogen-bond acceptors (Lipinski definition) is 1. The van der Waals surface area contributed by atoms with Crippen molar-refractivity contribution >= 4 is 75.1 Å². The minimum Gasteiger partial charge on any atom is -0.309 e. The van der Waals surface area contributed by atoms with E-state index in [9.17, 15) is 0 Å². The normalized spacial score (nSPS) is 11.9. The van der Waals surface area contributed by atoms with Crippen molar-refractivity contribution in [2.75, 3.05) is 0 Å². The summed E-state index contributed by atoms with van der Waals surface area (Å²) >= 11 is 1.88. The molecular formula is C54H34N2S. The van der Waals surface area contributed by atoms with Gasteiger partial charge in [0.05, 0.1) is 22.1 Å². The van der Waals surface area contributed by atoms with Gasteiger partial charge in [-0.25, -0.2) is 0 Å². The number of thiophene rings is 1. The number of para-hydroxylation sites is 2. The quantitative estimate of drug-likeness (QED) is 0.166. The van der Waals surface area contributed by atoms with Crippen molar-refractivity contribution in [2.45, 2.75) is 0 Å². The molecule has 0 aliphatic rings. The zero-order valence-corrected chi connectivity index (χ0v) is 31.7. The zero-order valence-electron chi connectivity index (χ0n) is 30.9. The maximum atomic E-state index is 2.44. The van der Waals surface area contributed by atoms with E-state index in [-0.39, 0.29) is 0 Å². The molecule has 3 heterocycles. The van der Waals surface area contributed by atoms with Crippen molar-refractivity contribution in [3.8, 4) is 44.8 Å². The Morgan fingerprint density at radius 2 is 0.789 bits per heavy atom. The molecule has 2 nitrogen and oxygen atoms in total. The molecular weight excluding hydrogens is 709 g/mol. The lowest BCUT2D eigenvalue weighted by Crippen LogP contribution is -1.94. The van der Waals surface area contributed by atoms with Gasteiger partial charge in [-0.15, -0.1) is 11.3 Å². The van der Waals surface area contributed by atoms with E-state index in [2.05, 4.69) is 215 Å². The van der Waals surface area contributed by atoms with Crippen LogP contribution in [0.2, 0.25) is 0 Å². The van der Waals surface area contributed by atoms with Crippen LogP contribution in [0.1, 0.15) is 0 Å². The first-order valence-electron chi connectivity index (χ1n) is 19.5. The summed E-state index contributed by atoms with van der Waals surface area (Å²) in [4.78, 5) is 0. The summed E-state index contributed by atoms with van der Waals surface area (Å²) in [5.41, 5.74) is 14.6. The number of nitrogens with zero attached hydrogens (tertiary/aromatic N) is 2. The highest BCUT2D eigenvalue weighted by Crippen LogP contribution is 2.43. The fourth-order valence-corrected chi connectivity index (χ4v) is 10.3. The van der Waals surface area contributed by atoms with Crippen LogP contribution in [0, 0.1) is 0 Å². The summed E-state index contributed by atoms with van der Waals surface area (Å²) in [6.45, 7) is 0. The molecule has 0 N–H and O–H groups in total. The molecule has 3 aromatic heterocycles. The monoisotopic (exact) mass is 742 g/mol. The van der Waals surface area contributed by atoms with Crippen LogP contribution < -0.4 is 0 Å². The van der Waals surface area contributed by atoms with E-state index in [0.717, 1.165) is 5.69 Å². The predicted molar refractivity (Wildman–Crippen MR) is 244 cm³/mol. The Hall–Kier alpha value is -7.20. The third-order valence-corrected chi connectivity index (χ3v) is 12.9. The number of fused-ring (bicyclic) bond motifs is 9. The van der Waals surface area contributed by atoms with Gasteiger partial charge in [-0.1, -0.05) is 140 Å². The molecule has 12 aromatic rings. The van der Waals surface area contributed by atoms with Gasteiger partial charge < -0.3 is 9.13 Å². The van der Waals surface area contributed by atoms with Crippen LogP contribution in [-0.4, -0.2) is 9.13 Å². The molecule has 0 unspecified atom stereocenters. The van der Waals surface area contributed by atoms with Gasteiger partial charge >= 0.3 is 0 Å². The van der Waals surface area contributed by atoms with Crippen LogP contribution in [-0.2, 0) is 0 Å². The van der Waals surface area contributed by atoms with Crippen LogP contribution in [0.3, 0.4) is 0 Å². The van der Waals surface area contributed by atoms with E-state index in [1.165, 1.54) is 103 Å². The molecule has 0 saturated heterocycles. The largest absolute Gasteiger partial charge is 0.309 e. The van der Waals surface area contributed by atoms with Crippen LogP contribution in [0.15, 0.2) is 206 Å². The van der Waals surface area contributed by atoms with Crippen LogP contribution in [0.25, 0.3) is 109 Å². The number of benzene rings is 9. The second-order valence-electron chi connectivity index (χ2n) is 14.9. The summed E-state index contributed by atoms with van der Waals surface area (Å²) in [6.07, 6.45) is 0. The maximum Gasteiger partial charge on any atom is 0.0541 e. The topological polar surface area (TPSA) is 9.86 Å². The van der Waals surface area contributed by atoms with E-state index < -0.39 is 0 Å². The molecule has 266 valence electrons. The van der Waals surface area contributed by atoms with Gasteiger partial charge in [-0.05, 0) is 100 Å². The molecule has 9 aromatic carbocycles. The summed E-state index contributed by atoms with van der Waals surface area (Å²) in [6, 6.07) is 75.6. The van der Waals surface area contributed by atoms with Crippen molar-refractivity contribution in [2.24, 2.45) is 0 Å². The Bertz CT molecular complexity index is 3490. The molecule has 57 heavy (non-hydrogen) atoms. The molecule has 0 atom stereocenters. The molecule has 0 aliphatic carbocycles. The van der Waals surface area contributed by atoms with Gasteiger partial charge in [-0.3, -0.25) is 0 Å². The average Bonchev–Trinajstić information content (AvgIpc) is 3.94. The maximum absolute atomic E-state index is 2.44. The minimum absolute atomic E-state index is 1.16. The van der Waals surface area contributed by atoms with Crippen LogP contribution in [0.4, 0.5) is 0 Å². The lowest BCUT2D eigenvalue weighted by atomic mass is 9.99. The minimum atomic E-state index is 1.16. The molecule has 3 heteroatoms. The molecule has 12 rings (SSSR count). The van der Waals surface area contributed by atoms with E-state index in [1.54, 1.807) is 0 Å². The van der Waals surface area contributed by atoms with E-state index in [4.69, 9.17) is 0 Å². The third-order valence-electron chi connectivity index (χ3n) is 11.7. The molecule has 0 amide bonds. The molecule has 0 saturated carbocycles. The van der Waals surface area contributed by atoms with Crippen LogP contribution >= 0.6 is 11.3 Å². The Kier molecular flexibility index (Phi) is 7.13. The van der Waals surface area contributed by atoms with Gasteiger partial charge in [0, 0.05) is 53.1 Å². The second-order valence-corrected chi connectivity index (χ2v) is 16.0. The van der Waals surface area contributed by atoms with Crippen molar-refractivity contribution in [3.05, 3.63) is 206 Å². The standard InChI is InChI=1S/C54H34N2S/c1-3-12-35(13-4-1)36-22-26-40(27-23-36)55-48-19-9-7-16-43(48)46-32-38(24-30-50(46)55)39-25-31-51-47(33-39)44-17-8-10-20-49(44)56(51)41-28-29-45-53(34-41)57-52-21-11-18-42(54(45)52)37-14-5-2-6-15-37/h1-34H. The van der Waals surface area contributed by atoms with Gasteiger partial charge in [-0.2, -0.15) is 0 Å². The van der Waals surface area contributed by atoms with Gasteiger partial charge in [0.2, 0.25) is 0 Å². The van der Waals surface area contributed by atoms with Gasteiger partial charge in [0.1, 0.15) is 0 Å². The lowest BCUT2D eigenvalue weighted by molar-refractivity contribution is 1.18. The van der Waals surface area contributed by atoms with Crippen molar-refractivity contribution in [3.63, 3.8) is 0 Å². The summed E-state index contributed by atoms with van der Waals surface area (Å²) in [5.74, 6) is 0. The molecule has 0 bridgehead atoms. The van der Waals surface area contributed by atoms with Gasteiger partial charge in [0.25, 0.3) is 0 Å². The highest BCUT2D eigenvalue weighted by Gasteiger charge is 2.18. The van der Waals surface area contributed by atoms with Crippen molar-refractivity contribution < 1.29 is 0 Å². The summed E-state index contributed by atoms with van der Waals surface area (Å²) < 4.78 is 7.45. The summed E-state index contributed by atoms with van der Waals surface area (Å²) in [7, 11) is 0. The summed E-state index contributed by atoms with van der Waals surface area (Å²) in [5, 5.41) is 7.67. The van der Waals surface area contributed by atoms with E-state index >= 15 is 0 Å². The molecule has 0 spiro atoms. The number of rotatable bonds is 5. The smallest absolute Gasteiger partial charge is 0.0541 e. The van der Waals surface area contributed by atoms with E-state index in [1.807, 2.05) is 11.3 Å². The van der Waals surface area contributed by atoms with Crippen molar-refractivity contribution in [1.29, 1.82) is 0 Å². The second kappa shape index (κ2) is 12.7. The third kappa shape index (κ3) is 5.03. The predicted octanol–water partition coefficient (Wildman–Crippen LogP) is 15.2. The Labute approximate surface area is 333 Å². The number of hydrogen-bond donors (Lipinski definition) is 0. The highest BCUT2D eigenvalue weighted by atomic mass is 32.1. The first kappa shape index (κ1) is 32.1. The van der Waals surface area contributed by atoms with E-state index in [0.29, 0.717) is 0 Å². The van der Waals surface area contributed by atoms with Gasteiger partial charge in [0.15, 0.2) is 0 Å². The van der Waals surface area contributed by atoms with Crippen molar-refractivity contribution in [1.82, 2.24) is 9.13 Å². The van der Waals surface area contributed by atoms with Crippen LogP contribution in [0.5, 0.6) is 0 Å². The molecule has 0 fully saturated rings. The first-order chi connectivity index (χ1) is 28.3.